The fourth-order valence-electron chi connectivity index (χ4n) is 14.5. The molecule has 15 rings (SSSR count). The Labute approximate surface area is 735 Å². The number of carbonyl (C=O) groups is 10. The predicted octanol–water partition coefficient (Wildman–Crippen LogP) is 3.71. The summed E-state index contributed by atoms with van der Waals surface area (Å²) in [6.07, 6.45) is -28.5. The third kappa shape index (κ3) is 15.0. The summed E-state index contributed by atoms with van der Waals surface area (Å²) in [5, 5.41) is 318. The lowest BCUT2D eigenvalue weighted by atomic mass is 9.91. The maximum Gasteiger partial charge on any atom is 0.344 e. The normalized spacial score (nSPS) is 19.6. The van der Waals surface area contributed by atoms with Gasteiger partial charge in [0.15, 0.2) is 151 Å². The summed E-state index contributed by atoms with van der Waals surface area (Å²) in [6.45, 7) is -3.13. The van der Waals surface area contributed by atoms with Gasteiger partial charge in [-0.3, -0.25) is 0 Å². The Morgan fingerprint density at radius 1 is 0.246 bits per heavy atom. The molecule has 0 saturated carbocycles. The first kappa shape index (κ1) is 89.6. The molecule has 10 aromatic carbocycles. The number of hydrogen-bond donors (Lipinski definition) is 29. The minimum absolute atomic E-state index is 0.108. The van der Waals surface area contributed by atoms with Crippen LogP contribution in [0.15, 0.2) is 78.9 Å². The number of benzene rings is 10. The summed E-state index contributed by atoms with van der Waals surface area (Å²) in [5.74, 6) is -66.9. The number of rotatable bonds is 10. The molecule has 10 unspecified atom stereocenters. The van der Waals surface area contributed by atoms with Crippen molar-refractivity contribution in [3.63, 3.8) is 0 Å². The lowest BCUT2D eigenvalue weighted by Gasteiger charge is -2.44. The molecule has 2 fully saturated rings. The average Bonchev–Trinajstić information content (AvgIpc) is 1.68. The smallest absolute Gasteiger partial charge is 0.344 e. The Kier molecular flexibility index (Phi) is 22.0. The van der Waals surface area contributed by atoms with Crippen molar-refractivity contribution in [1.82, 2.24) is 0 Å². The number of fused-ring (bicyclic) bond motifs is 13. The van der Waals surface area contributed by atoms with Gasteiger partial charge in [-0.05, 0) is 72.8 Å². The van der Waals surface area contributed by atoms with Gasteiger partial charge in [-0.1, -0.05) is 0 Å². The van der Waals surface area contributed by atoms with Gasteiger partial charge in [0.2, 0.25) is 76.5 Å². The lowest BCUT2D eigenvalue weighted by molar-refractivity contribution is -0.283. The molecule has 52 heteroatoms. The molecule has 696 valence electrons. The molecule has 5 aliphatic heterocycles. The van der Waals surface area contributed by atoms with Gasteiger partial charge >= 0.3 is 59.7 Å². The van der Waals surface area contributed by atoms with E-state index in [1.807, 2.05) is 0 Å². The van der Waals surface area contributed by atoms with Gasteiger partial charge < -0.3 is 210 Å². The second-order valence-corrected chi connectivity index (χ2v) is 29.0. The number of esters is 10. The molecule has 5 aliphatic rings. The van der Waals surface area contributed by atoms with E-state index in [9.17, 15) is 172 Å². The maximum absolute atomic E-state index is 15.4. The van der Waals surface area contributed by atoms with Crippen molar-refractivity contribution in [2.24, 2.45) is 0 Å². The number of carbonyl (C=O) groups excluding carboxylic acids is 10. The van der Waals surface area contributed by atoms with E-state index in [4.69, 9.17) is 61.6 Å². The van der Waals surface area contributed by atoms with Crippen LogP contribution in [-0.4, -0.2) is 282 Å². The minimum Gasteiger partial charge on any atom is -0.504 e. The first-order chi connectivity index (χ1) is 63.1. The van der Waals surface area contributed by atoms with E-state index in [2.05, 4.69) is 0 Å². The summed E-state index contributed by atoms with van der Waals surface area (Å²) >= 11 is 0. The Morgan fingerprint density at radius 2 is 0.515 bits per heavy atom. The number of phenols is 29. The van der Waals surface area contributed by atoms with Crippen LogP contribution in [0.5, 0.6) is 178 Å². The monoisotopic (exact) mass is 1870 g/mol. The molecule has 2 saturated heterocycles. The summed E-state index contributed by atoms with van der Waals surface area (Å²) in [7, 11) is 0. The third-order valence-corrected chi connectivity index (χ3v) is 21.0. The molecule has 0 aromatic heterocycles. The molecule has 10 atom stereocenters. The fraction of sp³-hybridized carbons (Fsp3) is 0.146. The van der Waals surface area contributed by atoms with Gasteiger partial charge in [0.25, 0.3) is 0 Å². The molecule has 0 aliphatic carbocycles. The summed E-state index contributed by atoms with van der Waals surface area (Å²) < 4.78 is 74.5. The van der Waals surface area contributed by atoms with Crippen LogP contribution < -0.4 is 4.74 Å². The van der Waals surface area contributed by atoms with Crippen LogP contribution in [0, 0.1) is 0 Å². The first-order valence-corrected chi connectivity index (χ1v) is 37.1. The zero-order chi connectivity index (χ0) is 97.5. The van der Waals surface area contributed by atoms with E-state index >= 15 is 24.0 Å². The van der Waals surface area contributed by atoms with Crippen LogP contribution in [0.25, 0.3) is 33.4 Å². The maximum atomic E-state index is 15.4. The van der Waals surface area contributed by atoms with Crippen molar-refractivity contribution in [3.8, 4) is 212 Å². The van der Waals surface area contributed by atoms with Crippen LogP contribution in [0.4, 0.5) is 0 Å². The molecular formula is C82H56O52. The molecule has 0 amide bonds. The van der Waals surface area contributed by atoms with E-state index in [-0.39, 0.29) is 42.5 Å². The topological polar surface area (TPSA) is 877 Å². The number of ether oxygens (including phenoxy) is 13. The van der Waals surface area contributed by atoms with E-state index in [0.717, 1.165) is 0 Å². The zero-order valence-electron chi connectivity index (χ0n) is 65.6. The average molecular weight is 1870 g/mol. The van der Waals surface area contributed by atoms with Crippen molar-refractivity contribution in [2.45, 2.75) is 61.4 Å². The minimum atomic E-state index is -3.09. The number of hydrogen-bond acceptors (Lipinski definition) is 52. The van der Waals surface area contributed by atoms with Crippen LogP contribution in [-0.2, 0) is 56.8 Å². The van der Waals surface area contributed by atoms with Crippen LogP contribution in [0.3, 0.4) is 0 Å². The summed E-state index contributed by atoms with van der Waals surface area (Å²) in [6, 6.07) is 3.87. The molecule has 0 bridgehead atoms. The highest BCUT2D eigenvalue weighted by atomic mass is 16.8. The SMILES string of the molecule is O=C(OC1OC2COC(=O)c3cc(O)c(O)c(O)c3-c3c(cc(O)c(O)c3O)C(=O)OC2C(OC(=O)c2cc(O)c(O)c(O)c2)C1OC(=O)c1cc(O)c(O)c(O)c1)c1cc(O)c(O)c(Oc2c(C(=O)OC3OC4COC(=O)c5cc(O)c(O)c(O)c5-c5c(cc(O)c(O)c5O)C(=O)OC4C4OC(=O)c5cc(O)c(O)c(O)c5-c5c(cc(O)c(O)c5O)C(=O)OC34)cc(O)c(O)c2O)c1. The van der Waals surface area contributed by atoms with E-state index in [0.29, 0.717) is 36.4 Å². The van der Waals surface area contributed by atoms with Gasteiger partial charge in [-0.2, -0.15) is 0 Å². The highest BCUT2D eigenvalue weighted by Crippen LogP contribution is 2.59. The van der Waals surface area contributed by atoms with Gasteiger partial charge in [0.05, 0.1) is 50.1 Å². The van der Waals surface area contributed by atoms with Crippen molar-refractivity contribution >= 4 is 59.7 Å². The first-order valence-electron chi connectivity index (χ1n) is 37.1. The predicted molar refractivity (Wildman–Crippen MR) is 414 cm³/mol. The molecule has 134 heavy (non-hydrogen) atoms. The van der Waals surface area contributed by atoms with E-state index < -0.39 is 402 Å². The molecule has 0 radical (unpaired) electrons. The fourth-order valence-corrected chi connectivity index (χ4v) is 14.5. The van der Waals surface area contributed by atoms with Crippen LogP contribution in [0.1, 0.15) is 104 Å². The zero-order valence-corrected chi connectivity index (χ0v) is 65.6. The number of cyclic esters (lactones) is 2. The van der Waals surface area contributed by atoms with Crippen molar-refractivity contribution in [3.05, 3.63) is 134 Å². The van der Waals surface area contributed by atoms with Crippen molar-refractivity contribution in [1.29, 1.82) is 0 Å². The van der Waals surface area contributed by atoms with E-state index in [1.165, 1.54) is 0 Å². The Balaban J connectivity index is 0.839. The molecule has 52 nitrogen and oxygen atoms in total. The van der Waals surface area contributed by atoms with Crippen LogP contribution in [0.2, 0.25) is 0 Å². The molecule has 10 aromatic rings. The quantitative estimate of drug-likeness (QED) is 0.0527. The highest BCUT2D eigenvalue weighted by molar-refractivity contribution is 6.12. The summed E-state index contributed by atoms with van der Waals surface area (Å²) in [5.41, 5.74) is -20.1. The molecule has 29 N–H and O–H groups in total. The molecular weight excluding hydrogens is 1820 g/mol. The van der Waals surface area contributed by atoms with Gasteiger partial charge in [-0.15, -0.1) is 0 Å². The Morgan fingerprint density at radius 3 is 0.888 bits per heavy atom. The summed E-state index contributed by atoms with van der Waals surface area (Å²) in [4.78, 5) is 149. The number of aromatic hydroxyl groups is 29. The van der Waals surface area contributed by atoms with Gasteiger partial charge in [0.1, 0.15) is 31.0 Å². The van der Waals surface area contributed by atoms with Gasteiger partial charge in [-0.25, -0.2) is 47.9 Å². The Bertz CT molecular complexity index is 6820. The van der Waals surface area contributed by atoms with Crippen LogP contribution >= 0.6 is 0 Å². The standard InChI is InChI=1S/C82H56O52/c83-26-1-16(2-27(84)47(26)95)71(112)129-67-65-39(14-122-74(115)19-7-31(88)50(98)57(105)41(19)43-21(76(117)127-65)9-33(90)52(100)59(43)107)125-81(69(67)131-72(113)17-3-28(85)48(96)29(86)4-17)133-73(114)18-5-30(87)49(97)38(6-18)124-64-25(13-37(94)56(104)63(64)111)80(121)134-82-70-68(130-78(119)23-11-35(92)54(102)61(109)45(23)46-24(79(120)132-70)12-36(93)55(103)62(46)110)66-40(126-82)15-123-75(116)20-8-32(89)51(99)58(106)42(20)44-22(77(118)128-66)10-34(91)53(101)60(44)108/h1-13,39-40,65-70,81-111H,14-15H2. The molecule has 0 spiro atoms. The third-order valence-electron chi connectivity index (χ3n) is 21.0. The van der Waals surface area contributed by atoms with E-state index in [1.54, 1.807) is 0 Å². The lowest BCUT2D eigenvalue weighted by Crippen LogP contribution is -2.63. The molecule has 5 heterocycles. The van der Waals surface area contributed by atoms with Crippen molar-refractivity contribution < 1.29 is 258 Å². The second kappa shape index (κ2) is 32.9. The van der Waals surface area contributed by atoms with Gasteiger partial charge in [0, 0.05) is 39.4 Å². The largest absolute Gasteiger partial charge is 0.504 e. The number of phenolic OH excluding ortho intramolecular Hbond substituents is 29. The van der Waals surface area contributed by atoms with Crippen molar-refractivity contribution in [2.75, 3.05) is 13.2 Å². The highest BCUT2D eigenvalue weighted by Gasteiger charge is 2.59. The Hall–Kier alpha value is -19.2. The second-order valence-electron chi connectivity index (χ2n) is 29.0.